The van der Waals surface area contributed by atoms with Crippen LogP contribution in [0.2, 0.25) is 0 Å². The smallest absolute Gasteiger partial charge is 0.188 e. The third kappa shape index (κ3) is 2.53. The van der Waals surface area contributed by atoms with Crippen LogP contribution in [0, 0.1) is 0 Å². The first-order valence-corrected chi connectivity index (χ1v) is 4.70. The number of rotatable bonds is 5. The first-order valence-electron chi connectivity index (χ1n) is 4.17. The molecule has 0 spiro atoms. The van der Waals surface area contributed by atoms with Crippen molar-refractivity contribution in [1.29, 1.82) is 0 Å². The van der Waals surface area contributed by atoms with Gasteiger partial charge in [0.25, 0.3) is 0 Å². The Morgan fingerprint density at radius 3 is 2.50 bits per heavy atom. The molecule has 0 bridgehead atoms. The van der Waals surface area contributed by atoms with Crippen LogP contribution < -0.4 is 9.47 Å². The molecule has 3 nitrogen and oxygen atoms in total. The Balaban J connectivity index is 2.90. The molecule has 0 aliphatic heterocycles. The number of alkyl halides is 1. The number of ether oxygens (including phenoxy) is 3. The number of hydrogen-bond donors (Lipinski definition) is 0. The molecule has 0 saturated heterocycles. The Bertz CT molecular complexity index is 289. The highest BCUT2D eigenvalue weighted by Gasteiger charge is 2.08. The highest BCUT2D eigenvalue weighted by molar-refractivity contribution is 6.17. The largest absolute Gasteiger partial charge is 0.496 e. The molecule has 1 rings (SSSR count). The van der Waals surface area contributed by atoms with E-state index in [0.717, 1.165) is 11.3 Å². The lowest BCUT2D eigenvalue weighted by Gasteiger charge is -2.12. The Labute approximate surface area is 88.5 Å². The first kappa shape index (κ1) is 11.1. The summed E-state index contributed by atoms with van der Waals surface area (Å²) in [5, 5.41) is 0. The molecule has 0 atom stereocenters. The van der Waals surface area contributed by atoms with Crippen LogP contribution in [0.25, 0.3) is 0 Å². The molecule has 4 heteroatoms. The highest BCUT2D eigenvalue weighted by Crippen LogP contribution is 2.29. The van der Waals surface area contributed by atoms with Crippen molar-refractivity contribution >= 4 is 11.6 Å². The van der Waals surface area contributed by atoms with E-state index in [2.05, 4.69) is 0 Å². The maximum Gasteiger partial charge on any atom is 0.188 e. The van der Waals surface area contributed by atoms with Gasteiger partial charge < -0.3 is 14.2 Å². The summed E-state index contributed by atoms with van der Waals surface area (Å²) in [5.41, 5.74) is 0.841. The minimum absolute atomic E-state index is 0.205. The van der Waals surface area contributed by atoms with Crippen molar-refractivity contribution in [3.05, 3.63) is 23.8 Å². The topological polar surface area (TPSA) is 27.7 Å². The molecule has 0 fully saturated rings. The van der Waals surface area contributed by atoms with Gasteiger partial charge in [0.2, 0.25) is 0 Å². The van der Waals surface area contributed by atoms with Gasteiger partial charge in [-0.3, -0.25) is 0 Å². The molecular weight excluding hydrogens is 204 g/mol. The fourth-order valence-electron chi connectivity index (χ4n) is 1.13. The molecule has 0 heterocycles. The highest BCUT2D eigenvalue weighted by atomic mass is 35.5. The van der Waals surface area contributed by atoms with Gasteiger partial charge in [0, 0.05) is 7.11 Å². The van der Waals surface area contributed by atoms with E-state index in [1.54, 1.807) is 14.2 Å². The van der Waals surface area contributed by atoms with Crippen molar-refractivity contribution in [3.8, 4) is 11.5 Å². The molecule has 0 unspecified atom stereocenters. The van der Waals surface area contributed by atoms with Gasteiger partial charge in [0.05, 0.1) is 18.6 Å². The van der Waals surface area contributed by atoms with Crippen LogP contribution in [-0.2, 0) is 10.6 Å². The Kier molecular flexibility index (Phi) is 4.56. The number of benzene rings is 1. The molecule has 0 aromatic heterocycles. The maximum atomic E-state index is 5.79. The van der Waals surface area contributed by atoms with Crippen molar-refractivity contribution < 1.29 is 14.2 Å². The lowest BCUT2D eigenvalue weighted by Crippen LogP contribution is -2.02. The maximum absolute atomic E-state index is 5.79. The van der Waals surface area contributed by atoms with Crippen molar-refractivity contribution in [2.75, 3.05) is 21.0 Å². The lowest BCUT2D eigenvalue weighted by atomic mass is 10.2. The van der Waals surface area contributed by atoms with Gasteiger partial charge in [0.1, 0.15) is 11.5 Å². The summed E-state index contributed by atoms with van der Waals surface area (Å²) in [4.78, 5) is 0. The third-order valence-electron chi connectivity index (χ3n) is 1.78. The second kappa shape index (κ2) is 5.73. The van der Waals surface area contributed by atoms with Gasteiger partial charge in [-0.15, -0.1) is 11.6 Å². The van der Waals surface area contributed by atoms with Gasteiger partial charge in [0.15, 0.2) is 6.79 Å². The summed E-state index contributed by atoms with van der Waals surface area (Å²) in [6.07, 6.45) is 0. The van der Waals surface area contributed by atoms with Crippen LogP contribution in [-0.4, -0.2) is 21.0 Å². The van der Waals surface area contributed by atoms with E-state index in [-0.39, 0.29) is 6.79 Å². The van der Waals surface area contributed by atoms with Crippen LogP contribution in [0.1, 0.15) is 5.56 Å². The van der Waals surface area contributed by atoms with Gasteiger partial charge >= 0.3 is 0 Å². The van der Waals surface area contributed by atoms with Gasteiger partial charge in [-0.25, -0.2) is 0 Å². The minimum atomic E-state index is 0.205. The molecule has 0 amide bonds. The standard InChI is InChI=1S/C10H13ClO3/c1-12-7-14-10-5-3-4-9(13-2)8(10)6-11/h3-5H,6-7H2,1-2H3. The summed E-state index contributed by atoms with van der Waals surface area (Å²) in [6.45, 7) is 0.205. The summed E-state index contributed by atoms with van der Waals surface area (Å²) in [5.74, 6) is 1.78. The third-order valence-corrected chi connectivity index (χ3v) is 2.04. The second-order valence-electron chi connectivity index (χ2n) is 2.62. The molecule has 14 heavy (non-hydrogen) atoms. The zero-order valence-corrected chi connectivity index (χ0v) is 9.00. The van der Waals surface area contributed by atoms with Crippen LogP contribution in [0.3, 0.4) is 0 Å². The van der Waals surface area contributed by atoms with E-state index in [4.69, 9.17) is 25.8 Å². The molecule has 0 N–H and O–H groups in total. The minimum Gasteiger partial charge on any atom is -0.496 e. The van der Waals surface area contributed by atoms with Gasteiger partial charge in [-0.2, -0.15) is 0 Å². The monoisotopic (exact) mass is 216 g/mol. The molecule has 0 radical (unpaired) electrons. The van der Waals surface area contributed by atoms with E-state index in [1.165, 1.54) is 0 Å². The zero-order chi connectivity index (χ0) is 10.4. The molecule has 78 valence electrons. The average molecular weight is 217 g/mol. The van der Waals surface area contributed by atoms with Crippen LogP contribution in [0.15, 0.2) is 18.2 Å². The predicted molar refractivity (Wildman–Crippen MR) is 55.1 cm³/mol. The van der Waals surface area contributed by atoms with E-state index in [9.17, 15) is 0 Å². The summed E-state index contributed by atoms with van der Waals surface area (Å²) in [6, 6.07) is 5.52. The zero-order valence-electron chi connectivity index (χ0n) is 8.25. The summed E-state index contributed by atoms with van der Waals surface area (Å²) >= 11 is 5.79. The van der Waals surface area contributed by atoms with Gasteiger partial charge in [-0.1, -0.05) is 6.07 Å². The van der Waals surface area contributed by atoms with Crippen LogP contribution >= 0.6 is 11.6 Å². The molecule has 0 aliphatic carbocycles. The van der Waals surface area contributed by atoms with Crippen molar-refractivity contribution in [1.82, 2.24) is 0 Å². The van der Waals surface area contributed by atoms with Crippen molar-refractivity contribution in [3.63, 3.8) is 0 Å². The number of hydrogen-bond acceptors (Lipinski definition) is 3. The van der Waals surface area contributed by atoms with Crippen LogP contribution in [0.4, 0.5) is 0 Å². The molecule has 0 saturated carbocycles. The van der Waals surface area contributed by atoms with E-state index < -0.39 is 0 Å². The van der Waals surface area contributed by atoms with E-state index in [0.29, 0.717) is 11.6 Å². The van der Waals surface area contributed by atoms with E-state index >= 15 is 0 Å². The molecule has 1 aromatic rings. The normalized spacial score (nSPS) is 9.93. The van der Waals surface area contributed by atoms with Crippen molar-refractivity contribution in [2.45, 2.75) is 5.88 Å². The Morgan fingerprint density at radius 2 is 1.93 bits per heavy atom. The SMILES string of the molecule is COCOc1cccc(OC)c1CCl. The van der Waals surface area contributed by atoms with Gasteiger partial charge in [-0.05, 0) is 12.1 Å². The molecular formula is C10H13ClO3. The quantitative estimate of drug-likeness (QED) is 0.559. The van der Waals surface area contributed by atoms with Crippen molar-refractivity contribution in [2.24, 2.45) is 0 Å². The summed E-state index contributed by atoms with van der Waals surface area (Å²) in [7, 11) is 3.17. The molecule has 0 aliphatic rings. The number of halogens is 1. The fourth-order valence-corrected chi connectivity index (χ4v) is 1.39. The predicted octanol–water partition coefficient (Wildman–Crippen LogP) is 2.42. The number of methoxy groups -OCH3 is 2. The first-order chi connectivity index (χ1) is 6.83. The Morgan fingerprint density at radius 1 is 1.21 bits per heavy atom. The fraction of sp³-hybridized carbons (Fsp3) is 0.400. The van der Waals surface area contributed by atoms with Crippen LogP contribution in [0.5, 0.6) is 11.5 Å². The molecule has 1 aromatic carbocycles. The summed E-state index contributed by atoms with van der Waals surface area (Å²) < 4.78 is 15.3. The van der Waals surface area contributed by atoms with E-state index in [1.807, 2.05) is 18.2 Å². The Hall–Kier alpha value is -0.930. The average Bonchev–Trinajstić information content (AvgIpc) is 2.25. The lowest BCUT2D eigenvalue weighted by molar-refractivity contribution is 0.0504. The second-order valence-corrected chi connectivity index (χ2v) is 2.89.